The van der Waals surface area contributed by atoms with Crippen molar-refractivity contribution in [3.63, 3.8) is 0 Å². The first kappa shape index (κ1) is 21.2. The molecule has 1 aromatic rings. The summed E-state index contributed by atoms with van der Waals surface area (Å²) in [5.41, 5.74) is 4.40. The van der Waals surface area contributed by atoms with Crippen LogP contribution in [0.1, 0.15) is 44.7 Å². The summed E-state index contributed by atoms with van der Waals surface area (Å²) in [6.45, 7) is 5.65. The number of nitrogens with two attached hydrogens (primary N) is 1. The Morgan fingerprint density at radius 2 is 1.79 bits per heavy atom. The van der Waals surface area contributed by atoms with Crippen LogP contribution >= 0.6 is 7.60 Å². The molecular weight excluding hydrogens is 342 g/mol. The highest BCUT2D eigenvalue weighted by atomic mass is 31.2. The van der Waals surface area contributed by atoms with E-state index in [2.05, 4.69) is 0 Å². The monoisotopic (exact) mass is 367 g/mol. The van der Waals surface area contributed by atoms with Crippen LogP contribution < -0.4 is 5.73 Å². The third kappa shape index (κ3) is 5.59. The molecule has 0 aliphatic rings. The fourth-order valence-electron chi connectivity index (χ4n) is 2.37. The van der Waals surface area contributed by atoms with E-state index in [0.29, 0.717) is 12.8 Å². The molecular formula is C16H25F3NO3P. The van der Waals surface area contributed by atoms with Gasteiger partial charge in [-0.1, -0.05) is 32.0 Å². The van der Waals surface area contributed by atoms with E-state index in [4.69, 9.17) is 14.8 Å². The molecule has 24 heavy (non-hydrogen) atoms. The van der Waals surface area contributed by atoms with Crippen LogP contribution in [-0.4, -0.2) is 18.8 Å². The second-order valence-corrected chi connectivity index (χ2v) is 7.55. The molecule has 0 saturated heterocycles. The van der Waals surface area contributed by atoms with Crippen LogP contribution in [0.5, 0.6) is 0 Å². The van der Waals surface area contributed by atoms with Gasteiger partial charge in [-0.3, -0.25) is 4.57 Å². The van der Waals surface area contributed by atoms with Gasteiger partial charge in [0.05, 0.1) is 23.9 Å². The molecule has 0 heterocycles. The molecule has 2 N–H and O–H groups in total. The first-order chi connectivity index (χ1) is 11.1. The Morgan fingerprint density at radius 3 is 2.25 bits per heavy atom. The van der Waals surface area contributed by atoms with Gasteiger partial charge in [-0.2, -0.15) is 13.2 Å². The van der Waals surface area contributed by atoms with Crippen molar-refractivity contribution in [3.8, 4) is 0 Å². The van der Waals surface area contributed by atoms with Crippen molar-refractivity contribution in [2.45, 2.75) is 51.6 Å². The maximum atomic E-state index is 13.1. The third-order valence-electron chi connectivity index (χ3n) is 3.95. The Kier molecular flexibility index (Phi) is 7.47. The normalized spacial score (nSPS) is 15.3. The van der Waals surface area contributed by atoms with E-state index in [1.807, 2.05) is 13.8 Å². The lowest BCUT2D eigenvalue weighted by Crippen LogP contribution is -2.39. The summed E-state index contributed by atoms with van der Waals surface area (Å²) in [5, 5.41) is 0. The quantitative estimate of drug-likeness (QED) is 0.626. The van der Waals surface area contributed by atoms with Crippen molar-refractivity contribution in [3.05, 3.63) is 35.4 Å². The molecule has 0 saturated carbocycles. The zero-order chi connectivity index (χ0) is 18.4. The average Bonchev–Trinajstić information content (AvgIpc) is 2.52. The van der Waals surface area contributed by atoms with Crippen LogP contribution in [0.3, 0.4) is 0 Å². The lowest BCUT2D eigenvalue weighted by molar-refractivity contribution is -0.137. The topological polar surface area (TPSA) is 61.5 Å². The van der Waals surface area contributed by atoms with Crippen molar-refractivity contribution >= 4 is 7.60 Å². The summed E-state index contributed by atoms with van der Waals surface area (Å²) in [4.78, 5) is 0. The van der Waals surface area contributed by atoms with E-state index in [1.165, 1.54) is 12.1 Å². The standard InChI is InChI=1S/C16H25F3NO3P/c1-4-15(5-2,12-20)23-24(21,22-6-3)11-13-8-7-9-14(10-13)16(17,18)19/h7-10H,4-6,11-12,20H2,1-3H3. The first-order valence-electron chi connectivity index (χ1n) is 7.94. The van der Waals surface area contributed by atoms with E-state index >= 15 is 0 Å². The van der Waals surface area contributed by atoms with Crippen molar-refractivity contribution < 1.29 is 26.8 Å². The Bertz CT molecular complexity index is 566. The molecule has 1 unspecified atom stereocenters. The summed E-state index contributed by atoms with van der Waals surface area (Å²) < 4.78 is 62.6. The van der Waals surface area contributed by atoms with Gasteiger partial charge < -0.3 is 14.8 Å². The molecule has 1 atom stereocenters. The molecule has 4 nitrogen and oxygen atoms in total. The Morgan fingerprint density at radius 1 is 1.17 bits per heavy atom. The van der Waals surface area contributed by atoms with Crippen LogP contribution in [0, 0.1) is 0 Å². The number of halogens is 3. The van der Waals surface area contributed by atoms with Gasteiger partial charge in [0.1, 0.15) is 0 Å². The number of benzene rings is 1. The number of hydrogen-bond acceptors (Lipinski definition) is 4. The highest BCUT2D eigenvalue weighted by Gasteiger charge is 2.37. The fraction of sp³-hybridized carbons (Fsp3) is 0.625. The molecule has 0 radical (unpaired) electrons. The van der Waals surface area contributed by atoms with Crippen molar-refractivity contribution in [1.82, 2.24) is 0 Å². The zero-order valence-electron chi connectivity index (χ0n) is 14.2. The lowest BCUT2D eigenvalue weighted by atomic mass is 9.98. The van der Waals surface area contributed by atoms with Crippen molar-refractivity contribution in [2.24, 2.45) is 5.73 Å². The van der Waals surface area contributed by atoms with Gasteiger partial charge in [-0.05, 0) is 31.4 Å². The molecule has 1 aromatic carbocycles. The smallest absolute Gasteiger partial charge is 0.328 e. The minimum absolute atomic E-state index is 0.129. The molecule has 0 aliphatic carbocycles. The maximum absolute atomic E-state index is 13.1. The minimum Gasteiger partial charge on any atom is -0.328 e. The highest BCUT2D eigenvalue weighted by molar-refractivity contribution is 7.53. The second kappa shape index (κ2) is 8.48. The molecule has 0 aliphatic heterocycles. The first-order valence-corrected chi connectivity index (χ1v) is 9.67. The van der Waals surface area contributed by atoms with Gasteiger partial charge in [0, 0.05) is 6.54 Å². The molecule has 0 amide bonds. The second-order valence-electron chi connectivity index (χ2n) is 5.57. The van der Waals surface area contributed by atoms with Crippen LogP contribution in [-0.2, 0) is 26.0 Å². The average molecular weight is 367 g/mol. The van der Waals surface area contributed by atoms with E-state index in [1.54, 1.807) is 6.92 Å². The fourth-order valence-corrected chi connectivity index (χ4v) is 4.54. The van der Waals surface area contributed by atoms with Gasteiger partial charge in [-0.15, -0.1) is 0 Å². The van der Waals surface area contributed by atoms with E-state index in [-0.39, 0.29) is 24.9 Å². The highest BCUT2D eigenvalue weighted by Crippen LogP contribution is 2.55. The zero-order valence-corrected chi connectivity index (χ0v) is 15.1. The number of hydrogen-bond donors (Lipinski definition) is 1. The molecule has 0 aromatic heterocycles. The molecule has 0 spiro atoms. The van der Waals surface area contributed by atoms with Crippen molar-refractivity contribution in [1.29, 1.82) is 0 Å². The maximum Gasteiger partial charge on any atom is 0.416 e. The lowest BCUT2D eigenvalue weighted by Gasteiger charge is -2.34. The Hall–Kier alpha value is -0.880. The molecule has 0 fully saturated rings. The molecule has 1 rings (SSSR count). The van der Waals surface area contributed by atoms with Crippen molar-refractivity contribution in [2.75, 3.05) is 13.2 Å². The Balaban J connectivity index is 3.11. The number of rotatable bonds is 9. The predicted octanol–water partition coefficient (Wildman–Crippen LogP) is 4.97. The van der Waals surface area contributed by atoms with Gasteiger partial charge in [0.2, 0.25) is 0 Å². The summed E-state index contributed by atoms with van der Waals surface area (Å²) in [5.74, 6) is 0. The van der Waals surface area contributed by atoms with Gasteiger partial charge in [0.15, 0.2) is 0 Å². The van der Waals surface area contributed by atoms with Gasteiger partial charge >= 0.3 is 13.8 Å². The summed E-state index contributed by atoms with van der Waals surface area (Å²) in [6.07, 6.45) is -3.63. The minimum atomic E-state index is -4.46. The number of alkyl halides is 3. The van der Waals surface area contributed by atoms with Crippen LogP contribution in [0.4, 0.5) is 13.2 Å². The summed E-state index contributed by atoms with van der Waals surface area (Å²) >= 11 is 0. The van der Waals surface area contributed by atoms with E-state index < -0.39 is 24.9 Å². The van der Waals surface area contributed by atoms with Crippen LogP contribution in [0.15, 0.2) is 24.3 Å². The summed E-state index contributed by atoms with van der Waals surface area (Å²) in [6, 6.07) is 4.70. The van der Waals surface area contributed by atoms with Gasteiger partial charge in [0.25, 0.3) is 0 Å². The largest absolute Gasteiger partial charge is 0.416 e. The third-order valence-corrected chi connectivity index (χ3v) is 6.02. The van der Waals surface area contributed by atoms with E-state index in [9.17, 15) is 17.7 Å². The Labute approximate surface area is 141 Å². The SMILES string of the molecule is CCOP(=O)(Cc1cccc(C(F)(F)F)c1)OC(CC)(CC)CN. The summed E-state index contributed by atoms with van der Waals surface area (Å²) in [7, 11) is -3.63. The van der Waals surface area contributed by atoms with Crippen LogP contribution in [0.2, 0.25) is 0 Å². The van der Waals surface area contributed by atoms with Crippen LogP contribution in [0.25, 0.3) is 0 Å². The molecule has 8 heteroatoms. The predicted molar refractivity (Wildman–Crippen MR) is 87.8 cm³/mol. The molecule has 138 valence electrons. The van der Waals surface area contributed by atoms with E-state index in [0.717, 1.165) is 12.1 Å². The molecule has 0 bridgehead atoms. The van der Waals surface area contributed by atoms with Gasteiger partial charge in [-0.25, -0.2) is 0 Å².